The molecular formula is C19H20N2O4. The Labute approximate surface area is 145 Å². The molecule has 2 bridgehead atoms. The minimum atomic E-state index is -0.250. The molecule has 1 aromatic rings. The van der Waals surface area contributed by atoms with Crippen LogP contribution in [0.5, 0.6) is 5.75 Å². The molecule has 1 aromatic carbocycles. The number of fused-ring (bicyclic) bond motifs is 5. The number of hydrogen-bond acceptors (Lipinski definition) is 4. The third-order valence-electron chi connectivity index (χ3n) is 5.51. The van der Waals surface area contributed by atoms with E-state index in [1.807, 2.05) is 0 Å². The second-order valence-corrected chi connectivity index (χ2v) is 6.82. The third-order valence-corrected chi connectivity index (χ3v) is 5.51. The SMILES string of the molecule is COc1cccc(C(=O)NCCN2C(=O)C3C4C=CC(C4)C3C2=O)c1. The molecule has 3 aliphatic rings. The van der Waals surface area contributed by atoms with Crippen LogP contribution in [-0.2, 0) is 9.59 Å². The molecule has 2 fully saturated rings. The number of nitrogens with one attached hydrogen (secondary N) is 1. The highest BCUT2D eigenvalue weighted by Gasteiger charge is 2.58. The van der Waals surface area contributed by atoms with E-state index in [0.717, 1.165) is 6.42 Å². The number of carbonyl (C=O) groups excluding carboxylic acids is 3. The van der Waals surface area contributed by atoms with Gasteiger partial charge in [-0.05, 0) is 36.5 Å². The maximum atomic E-state index is 12.6. The summed E-state index contributed by atoms with van der Waals surface area (Å²) in [7, 11) is 1.54. The summed E-state index contributed by atoms with van der Waals surface area (Å²) in [5, 5.41) is 2.77. The minimum absolute atomic E-state index is 0.0810. The molecule has 1 N–H and O–H groups in total. The van der Waals surface area contributed by atoms with Gasteiger partial charge < -0.3 is 10.1 Å². The Kier molecular flexibility index (Phi) is 3.82. The number of ether oxygens (including phenoxy) is 1. The van der Waals surface area contributed by atoms with Crippen LogP contribution in [0.4, 0.5) is 0 Å². The predicted molar refractivity (Wildman–Crippen MR) is 89.8 cm³/mol. The highest BCUT2D eigenvalue weighted by Crippen LogP contribution is 2.52. The largest absolute Gasteiger partial charge is 0.497 e. The van der Waals surface area contributed by atoms with Gasteiger partial charge in [0.05, 0.1) is 18.9 Å². The Morgan fingerprint density at radius 2 is 1.88 bits per heavy atom. The summed E-state index contributed by atoms with van der Waals surface area (Å²) in [6.07, 6.45) is 5.07. The van der Waals surface area contributed by atoms with Crippen LogP contribution in [-0.4, -0.2) is 42.8 Å². The Morgan fingerprint density at radius 3 is 2.52 bits per heavy atom. The van der Waals surface area contributed by atoms with Gasteiger partial charge in [0.25, 0.3) is 5.91 Å². The molecule has 0 radical (unpaired) electrons. The molecule has 130 valence electrons. The number of hydrogen-bond donors (Lipinski definition) is 1. The number of amides is 3. The molecule has 1 saturated carbocycles. The molecule has 1 heterocycles. The topological polar surface area (TPSA) is 75.7 Å². The fourth-order valence-electron chi connectivity index (χ4n) is 4.33. The van der Waals surface area contributed by atoms with Gasteiger partial charge in [-0.15, -0.1) is 0 Å². The van der Waals surface area contributed by atoms with Crippen LogP contribution >= 0.6 is 0 Å². The Balaban J connectivity index is 1.35. The zero-order valence-electron chi connectivity index (χ0n) is 14.0. The fourth-order valence-corrected chi connectivity index (χ4v) is 4.33. The first-order valence-corrected chi connectivity index (χ1v) is 8.56. The highest BCUT2D eigenvalue weighted by atomic mass is 16.5. The smallest absolute Gasteiger partial charge is 0.251 e. The van der Waals surface area contributed by atoms with Gasteiger partial charge in [-0.25, -0.2) is 0 Å². The number of carbonyl (C=O) groups is 3. The lowest BCUT2D eigenvalue weighted by Gasteiger charge is -2.17. The quantitative estimate of drug-likeness (QED) is 0.646. The second kappa shape index (κ2) is 6.02. The van der Waals surface area contributed by atoms with E-state index < -0.39 is 0 Å². The number of benzene rings is 1. The summed E-state index contributed by atoms with van der Waals surface area (Å²) < 4.78 is 5.10. The van der Waals surface area contributed by atoms with E-state index in [1.165, 1.54) is 4.90 Å². The normalized spacial score (nSPS) is 29.2. The second-order valence-electron chi connectivity index (χ2n) is 6.82. The van der Waals surface area contributed by atoms with Crippen LogP contribution in [0, 0.1) is 23.7 Å². The molecule has 6 heteroatoms. The Morgan fingerprint density at radius 1 is 1.20 bits per heavy atom. The van der Waals surface area contributed by atoms with Crippen LogP contribution in [0.1, 0.15) is 16.8 Å². The molecule has 4 unspecified atom stereocenters. The summed E-state index contributed by atoms with van der Waals surface area (Å²) in [6.45, 7) is 0.468. The van der Waals surface area contributed by atoms with Gasteiger partial charge in [-0.1, -0.05) is 18.2 Å². The molecule has 1 aliphatic heterocycles. The van der Waals surface area contributed by atoms with Gasteiger partial charge in [0.2, 0.25) is 11.8 Å². The number of methoxy groups -OCH3 is 1. The molecule has 1 saturated heterocycles. The molecular weight excluding hydrogens is 320 g/mol. The maximum Gasteiger partial charge on any atom is 0.251 e. The lowest BCUT2D eigenvalue weighted by Crippen LogP contribution is -2.39. The van der Waals surface area contributed by atoms with Crippen LogP contribution in [0.15, 0.2) is 36.4 Å². The first-order valence-electron chi connectivity index (χ1n) is 8.56. The van der Waals surface area contributed by atoms with Crippen molar-refractivity contribution in [2.45, 2.75) is 6.42 Å². The average molecular weight is 340 g/mol. The van der Waals surface area contributed by atoms with Gasteiger partial charge in [-0.3, -0.25) is 19.3 Å². The minimum Gasteiger partial charge on any atom is -0.497 e. The molecule has 3 amide bonds. The summed E-state index contributed by atoms with van der Waals surface area (Å²) >= 11 is 0. The van der Waals surface area contributed by atoms with Gasteiger partial charge in [-0.2, -0.15) is 0 Å². The zero-order valence-corrected chi connectivity index (χ0v) is 14.0. The lowest BCUT2D eigenvalue weighted by molar-refractivity contribution is -0.140. The van der Waals surface area contributed by atoms with E-state index in [9.17, 15) is 14.4 Å². The number of nitrogens with zero attached hydrogens (tertiary/aromatic N) is 1. The standard InChI is InChI=1S/C19H20N2O4/c1-25-14-4-2-3-13(10-14)17(22)20-7-8-21-18(23)15-11-5-6-12(9-11)16(15)19(21)24/h2-6,10-12,15-16H,7-9H2,1H3,(H,20,22). The van der Waals surface area contributed by atoms with E-state index in [4.69, 9.17) is 4.74 Å². The summed E-state index contributed by atoms with van der Waals surface area (Å²) in [6, 6.07) is 6.84. The number of likely N-dealkylation sites (tertiary alicyclic amines) is 1. The first kappa shape index (κ1) is 15.9. The molecule has 4 rings (SSSR count). The fraction of sp³-hybridized carbons (Fsp3) is 0.421. The molecule has 2 aliphatic carbocycles. The van der Waals surface area contributed by atoms with Crippen molar-refractivity contribution in [1.82, 2.24) is 10.2 Å². The van der Waals surface area contributed by atoms with E-state index in [0.29, 0.717) is 11.3 Å². The molecule has 25 heavy (non-hydrogen) atoms. The number of rotatable bonds is 5. The van der Waals surface area contributed by atoms with Crippen LogP contribution in [0.3, 0.4) is 0 Å². The first-order chi connectivity index (χ1) is 12.1. The van der Waals surface area contributed by atoms with Gasteiger partial charge >= 0.3 is 0 Å². The average Bonchev–Trinajstić information content (AvgIpc) is 3.31. The van der Waals surface area contributed by atoms with Gasteiger partial charge in [0, 0.05) is 18.7 Å². The van der Waals surface area contributed by atoms with E-state index in [-0.39, 0.29) is 54.5 Å². The molecule has 4 atom stereocenters. The summed E-state index contributed by atoms with van der Waals surface area (Å²) in [4.78, 5) is 38.6. The van der Waals surface area contributed by atoms with Crippen LogP contribution in [0.2, 0.25) is 0 Å². The van der Waals surface area contributed by atoms with Gasteiger partial charge in [0.15, 0.2) is 0 Å². The van der Waals surface area contributed by atoms with Crippen molar-refractivity contribution in [2.24, 2.45) is 23.7 Å². The van der Waals surface area contributed by atoms with Crippen LogP contribution in [0.25, 0.3) is 0 Å². The van der Waals surface area contributed by atoms with Crippen molar-refractivity contribution < 1.29 is 19.1 Å². The van der Waals surface area contributed by atoms with Crippen molar-refractivity contribution in [3.05, 3.63) is 42.0 Å². The Hall–Kier alpha value is -2.63. The van der Waals surface area contributed by atoms with E-state index in [2.05, 4.69) is 17.5 Å². The van der Waals surface area contributed by atoms with E-state index in [1.54, 1.807) is 31.4 Å². The van der Waals surface area contributed by atoms with Gasteiger partial charge in [0.1, 0.15) is 5.75 Å². The molecule has 6 nitrogen and oxygen atoms in total. The molecule has 0 aromatic heterocycles. The van der Waals surface area contributed by atoms with E-state index >= 15 is 0 Å². The monoisotopic (exact) mass is 340 g/mol. The number of imide groups is 1. The highest BCUT2D eigenvalue weighted by molar-refractivity contribution is 6.06. The van der Waals surface area contributed by atoms with Crippen molar-refractivity contribution in [3.8, 4) is 5.75 Å². The molecule has 0 spiro atoms. The summed E-state index contributed by atoms with van der Waals surface area (Å²) in [5.74, 6) is 0.247. The maximum absolute atomic E-state index is 12.6. The third kappa shape index (κ3) is 2.52. The van der Waals surface area contributed by atoms with Crippen molar-refractivity contribution in [3.63, 3.8) is 0 Å². The van der Waals surface area contributed by atoms with Crippen molar-refractivity contribution >= 4 is 17.7 Å². The lowest BCUT2D eigenvalue weighted by atomic mass is 9.85. The summed E-state index contributed by atoms with van der Waals surface area (Å²) in [5.41, 5.74) is 0.484. The van der Waals surface area contributed by atoms with Crippen molar-refractivity contribution in [1.29, 1.82) is 0 Å². The zero-order chi connectivity index (χ0) is 17.6. The number of allylic oxidation sites excluding steroid dienone is 2. The predicted octanol–water partition coefficient (Wildman–Crippen LogP) is 1.23. The van der Waals surface area contributed by atoms with Crippen molar-refractivity contribution in [2.75, 3.05) is 20.2 Å². The van der Waals surface area contributed by atoms with Crippen LogP contribution < -0.4 is 10.1 Å². The Bertz CT molecular complexity index is 742.